The van der Waals surface area contributed by atoms with E-state index in [0.717, 1.165) is 6.07 Å². The summed E-state index contributed by atoms with van der Waals surface area (Å²) in [5.41, 5.74) is 0. The number of halogens is 3. The van der Waals surface area contributed by atoms with Gasteiger partial charge in [-0.15, -0.1) is 0 Å². The van der Waals surface area contributed by atoms with E-state index in [2.05, 4.69) is 0 Å². The van der Waals surface area contributed by atoms with Crippen LogP contribution in [0, 0.1) is 11.3 Å². The molecule has 0 aliphatic rings. The molecule has 50 valence electrons. The van der Waals surface area contributed by atoms with Crippen LogP contribution in [0.3, 0.4) is 0 Å². The highest BCUT2D eigenvalue weighted by Crippen LogP contribution is 2.22. The highest BCUT2D eigenvalue weighted by molar-refractivity contribution is 5.10. The number of hydrogen-bond donors (Lipinski definition) is 1. The Bertz CT molecular complexity index is 164. The van der Waals surface area contributed by atoms with Gasteiger partial charge in [-0.1, -0.05) is 0 Å². The number of rotatable bonds is 0. The molecule has 0 aromatic heterocycles. The third-order valence-corrected chi connectivity index (χ3v) is 0.492. The summed E-state index contributed by atoms with van der Waals surface area (Å²) in [5.74, 6) is -1.87. The molecule has 5 heteroatoms. The topological polar surface area (TPSA) is 44.0 Å². The van der Waals surface area contributed by atoms with Gasteiger partial charge in [0.1, 0.15) is 0 Å². The molecule has 0 saturated carbocycles. The summed E-state index contributed by atoms with van der Waals surface area (Å²) in [4.78, 5) is 0. The molecule has 0 aromatic rings. The van der Waals surface area contributed by atoms with Gasteiger partial charge in [-0.05, 0) is 0 Å². The maximum atomic E-state index is 11.2. The molecule has 0 aromatic carbocycles. The molecule has 0 aliphatic carbocycles. The van der Waals surface area contributed by atoms with Crippen LogP contribution in [0.5, 0.6) is 0 Å². The third-order valence-electron chi connectivity index (χ3n) is 0.492. The van der Waals surface area contributed by atoms with E-state index in [-0.39, 0.29) is 6.08 Å². The van der Waals surface area contributed by atoms with Gasteiger partial charge in [-0.3, -0.25) is 0 Å². The summed E-state index contributed by atoms with van der Waals surface area (Å²) < 4.78 is 33.5. The summed E-state index contributed by atoms with van der Waals surface area (Å²) in [6.45, 7) is 0. The Kier molecular flexibility index (Phi) is 2.08. The van der Waals surface area contributed by atoms with Gasteiger partial charge in [-0.25, -0.2) is 0 Å². The lowest BCUT2D eigenvalue weighted by molar-refractivity contribution is -0.120. The first-order valence-electron chi connectivity index (χ1n) is 1.84. The summed E-state index contributed by atoms with van der Waals surface area (Å²) in [6.07, 6.45) is -4.77. The predicted molar refractivity (Wildman–Crippen MR) is 22.4 cm³/mol. The number of aliphatic hydroxyl groups excluding tert-OH is 1. The molecule has 0 amide bonds. The quantitative estimate of drug-likeness (QED) is 0.406. The van der Waals surface area contributed by atoms with Gasteiger partial charge in [0.2, 0.25) is 5.76 Å². The van der Waals surface area contributed by atoms with Crippen molar-refractivity contribution in [3.8, 4) is 6.07 Å². The maximum absolute atomic E-state index is 11.2. The molecule has 0 bridgehead atoms. The van der Waals surface area contributed by atoms with Crippen molar-refractivity contribution in [3.63, 3.8) is 0 Å². The van der Waals surface area contributed by atoms with Gasteiger partial charge in [0.25, 0.3) is 0 Å². The Morgan fingerprint density at radius 2 is 2.00 bits per heavy atom. The van der Waals surface area contributed by atoms with E-state index < -0.39 is 11.9 Å². The van der Waals surface area contributed by atoms with E-state index in [1.165, 1.54) is 0 Å². The van der Waals surface area contributed by atoms with Crippen LogP contribution in [0.25, 0.3) is 0 Å². The minimum Gasteiger partial charge on any atom is -0.504 e. The van der Waals surface area contributed by atoms with Crippen LogP contribution in [0.1, 0.15) is 0 Å². The second-order valence-corrected chi connectivity index (χ2v) is 1.16. The smallest absolute Gasteiger partial charge is 0.449 e. The Morgan fingerprint density at radius 3 is 2.11 bits per heavy atom. The van der Waals surface area contributed by atoms with Crippen LogP contribution in [-0.4, -0.2) is 11.3 Å². The number of alkyl halides is 3. The van der Waals surface area contributed by atoms with Crippen molar-refractivity contribution in [2.75, 3.05) is 0 Å². The first-order valence-corrected chi connectivity index (χ1v) is 1.84. The fourth-order valence-electron chi connectivity index (χ4n) is 0.143. The Morgan fingerprint density at radius 1 is 1.56 bits per heavy atom. The van der Waals surface area contributed by atoms with Crippen molar-refractivity contribution in [1.29, 1.82) is 5.26 Å². The molecule has 0 radical (unpaired) electrons. The average Bonchev–Trinajstić information content (AvgIpc) is 1.64. The molecule has 0 saturated heterocycles. The highest BCUT2D eigenvalue weighted by atomic mass is 19.4. The number of nitrogens with zero attached hydrogens (tertiary/aromatic N) is 1. The number of nitriles is 1. The van der Waals surface area contributed by atoms with Crippen molar-refractivity contribution in [3.05, 3.63) is 11.8 Å². The second kappa shape index (κ2) is 2.40. The summed E-state index contributed by atoms with van der Waals surface area (Å²) in [6, 6.07) is 1.04. The Balaban J connectivity index is 4.25. The van der Waals surface area contributed by atoms with Gasteiger partial charge in [0.15, 0.2) is 0 Å². The first kappa shape index (κ1) is 7.82. The lowest BCUT2D eigenvalue weighted by atomic mass is 10.4. The largest absolute Gasteiger partial charge is 0.504 e. The number of aliphatic hydroxyl groups is 1. The number of allylic oxidation sites excluding steroid dienone is 2. The molecular formula is C4H2F3NO. The molecule has 2 nitrogen and oxygen atoms in total. The summed E-state index contributed by atoms with van der Waals surface area (Å²) >= 11 is 0. The molecule has 0 heterocycles. The van der Waals surface area contributed by atoms with Crippen LogP contribution >= 0.6 is 0 Å². The highest BCUT2D eigenvalue weighted by Gasteiger charge is 2.33. The van der Waals surface area contributed by atoms with E-state index in [4.69, 9.17) is 10.4 Å². The zero-order chi connectivity index (χ0) is 7.49. The van der Waals surface area contributed by atoms with Crippen molar-refractivity contribution >= 4 is 0 Å². The van der Waals surface area contributed by atoms with Crippen LogP contribution in [0.15, 0.2) is 11.8 Å². The predicted octanol–water partition coefficient (Wildman–Crippen LogP) is 1.51. The van der Waals surface area contributed by atoms with Gasteiger partial charge in [-0.2, -0.15) is 18.4 Å². The van der Waals surface area contributed by atoms with Crippen LogP contribution in [-0.2, 0) is 0 Å². The van der Waals surface area contributed by atoms with Gasteiger partial charge < -0.3 is 5.11 Å². The van der Waals surface area contributed by atoms with E-state index >= 15 is 0 Å². The van der Waals surface area contributed by atoms with E-state index in [9.17, 15) is 13.2 Å². The molecule has 0 fully saturated rings. The average molecular weight is 137 g/mol. The minimum absolute atomic E-state index is 0.0278. The lowest BCUT2D eigenvalue weighted by Gasteiger charge is -2.00. The second-order valence-electron chi connectivity index (χ2n) is 1.16. The Labute approximate surface area is 48.8 Å². The molecule has 0 spiro atoms. The van der Waals surface area contributed by atoms with Crippen LogP contribution in [0.4, 0.5) is 13.2 Å². The van der Waals surface area contributed by atoms with Crippen molar-refractivity contribution in [2.24, 2.45) is 0 Å². The van der Waals surface area contributed by atoms with E-state index in [1.807, 2.05) is 0 Å². The third kappa shape index (κ3) is 2.59. The van der Waals surface area contributed by atoms with Gasteiger partial charge in [0.05, 0.1) is 12.1 Å². The lowest BCUT2D eigenvalue weighted by Crippen LogP contribution is -2.10. The van der Waals surface area contributed by atoms with Gasteiger partial charge >= 0.3 is 6.18 Å². The van der Waals surface area contributed by atoms with Crippen molar-refractivity contribution in [2.45, 2.75) is 6.18 Å². The van der Waals surface area contributed by atoms with Crippen LogP contribution < -0.4 is 0 Å². The molecule has 0 unspecified atom stereocenters. The van der Waals surface area contributed by atoms with E-state index in [1.54, 1.807) is 0 Å². The zero-order valence-electron chi connectivity index (χ0n) is 4.11. The molecule has 0 atom stereocenters. The van der Waals surface area contributed by atoms with Crippen LogP contribution in [0.2, 0.25) is 0 Å². The standard InChI is InChI=1S/C4H2F3NO/c5-4(6,7)3(9)1-2-8/h1,9H. The monoisotopic (exact) mass is 137 g/mol. The SMILES string of the molecule is N#CC=C(O)C(F)(F)F. The minimum atomic E-state index is -4.80. The molecule has 0 rings (SSSR count). The fraction of sp³-hybridized carbons (Fsp3) is 0.250. The number of hydrogen-bond acceptors (Lipinski definition) is 2. The molecular weight excluding hydrogens is 135 g/mol. The van der Waals surface area contributed by atoms with E-state index in [0.29, 0.717) is 0 Å². The maximum Gasteiger partial charge on any atom is 0.449 e. The van der Waals surface area contributed by atoms with Gasteiger partial charge in [0, 0.05) is 0 Å². The first-order chi connectivity index (χ1) is 3.98. The fourth-order valence-corrected chi connectivity index (χ4v) is 0.143. The molecule has 1 N–H and O–H groups in total. The summed E-state index contributed by atoms with van der Waals surface area (Å²) in [7, 11) is 0. The zero-order valence-corrected chi connectivity index (χ0v) is 4.11. The Hall–Kier alpha value is -1.18. The summed E-state index contributed by atoms with van der Waals surface area (Å²) in [5, 5.41) is 15.5. The van der Waals surface area contributed by atoms with Crippen molar-refractivity contribution in [1.82, 2.24) is 0 Å². The molecule has 9 heavy (non-hydrogen) atoms. The molecule has 0 aliphatic heterocycles. The normalized spacial score (nSPS) is 12.9. The van der Waals surface area contributed by atoms with Crippen molar-refractivity contribution < 1.29 is 18.3 Å².